The van der Waals surface area contributed by atoms with Crippen LogP contribution < -0.4 is 11.5 Å². The second-order valence-electron chi connectivity index (χ2n) is 8.64. The minimum atomic E-state index is -0.372. The third kappa shape index (κ3) is 6.24. The van der Waals surface area contributed by atoms with E-state index in [0.29, 0.717) is 19.0 Å². The third-order valence-electron chi connectivity index (χ3n) is 5.61. The SMILES string of the molecule is Cc1nc(CC(C)C)c(CN)c(-c2ccc(CN)cc2)c1CC(=O)OCc1ccc(F)cc1. The molecule has 1 aromatic heterocycles. The predicted molar refractivity (Wildman–Crippen MR) is 129 cm³/mol. The van der Waals surface area contributed by atoms with Crippen molar-refractivity contribution in [2.45, 2.75) is 53.3 Å². The normalized spacial score (nSPS) is 11.1. The van der Waals surface area contributed by atoms with Gasteiger partial charge in [-0.3, -0.25) is 9.78 Å². The van der Waals surface area contributed by atoms with Crippen LogP contribution >= 0.6 is 0 Å². The summed E-state index contributed by atoms with van der Waals surface area (Å²) in [4.78, 5) is 17.6. The van der Waals surface area contributed by atoms with Crippen LogP contribution in [0.15, 0.2) is 48.5 Å². The molecule has 0 bridgehead atoms. The van der Waals surface area contributed by atoms with Gasteiger partial charge in [0.1, 0.15) is 12.4 Å². The van der Waals surface area contributed by atoms with Crippen molar-refractivity contribution in [1.29, 1.82) is 0 Å². The average molecular weight is 450 g/mol. The Balaban J connectivity index is 1.97. The lowest BCUT2D eigenvalue weighted by Crippen LogP contribution is -2.16. The number of carbonyl (C=O) groups is 1. The summed E-state index contributed by atoms with van der Waals surface area (Å²) in [5.74, 6) is -0.280. The van der Waals surface area contributed by atoms with Gasteiger partial charge in [0.25, 0.3) is 0 Å². The summed E-state index contributed by atoms with van der Waals surface area (Å²) in [6, 6.07) is 13.9. The van der Waals surface area contributed by atoms with Gasteiger partial charge in [0.2, 0.25) is 0 Å². The molecule has 0 fully saturated rings. The van der Waals surface area contributed by atoms with E-state index in [-0.39, 0.29) is 24.8 Å². The molecule has 4 N–H and O–H groups in total. The first-order valence-electron chi connectivity index (χ1n) is 11.2. The van der Waals surface area contributed by atoms with Crippen LogP contribution in [0.2, 0.25) is 0 Å². The quantitative estimate of drug-likeness (QED) is 0.466. The van der Waals surface area contributed by atoms with Gasteiger partial charge in [-0.2, -0.15) is 0 Å². The van der Waals surface area contributed by atoms with Crippen molar-refractivity contribution in [1.82, 2.24) is 4.98 Å². The first kappa shape index (κ1) is 24.6. The summed E-state index contributed by atoms with van der Waals surface area (Å²) in [6.45, 7) is 7.08. The van der Waals surface area contributed by atoms with Crippen molar-refractivity contribution in [3.8, 4) is 11.1 Å². The molecule has 0 spiro atoms. The monoisotopic (exact) mass is 449 g/mol. The second kappa shape index (κ2) is 11.2. The van der Waals surface area contributed by atoms with E-state index in [1.54, 1.807) is 12.1 Å². The lowest BCUT2D eigenvalue weighted by Gasteiger charge is -2.21. The maximum atomic E-state index is 13.1. The van der Waals surface area contributed by atoms with Crippen molar-refractivity contribution in [2.75, 3.05) is 0 Å². The number of halogens is 1. The van der Waals surface area contributed by atoms with Crippen molar-refractivity contribution in [3.05, 3.63) is 88.0 Å². The Morgan fingerprint density at radius 2 is 1.61 bits per heavy atom. The molecule has 0 saturated heterocycles. The van der Waals surface area contributed by atoms with Gasteiger partial charge in [-0.15, -0.1) is 0 Å². The Labute approximate surface area is 195 Å². The number of hydrogen-bond acceptors (Lipinski definition) is 5. The van der Waals surface area contributed by atoms with E-state index in [2.05, 4.69) is 13.8 Å². The molecule has 0 atom stereocenters. The fraction of sp³-hybridized carbons (Fsp3) is 0.333. The highest BCUT2D eigenvalue weighted by Gasteiger charge is 2.21. The number of aryl methyl sites for hydroxylation is 1. The number of rotatable bonds is 9. The number of nitrogens with zero attached hydrogens (tertiary/aromatic N) is 1. The molecule has 174 valence electrons. The fourth-order valence-corrected chi connectivity index (χ4v) is 3.93. The van der Waals surface area contributed by atoms with Gasteiger partial charge in [0.15, 0.2) is 0 Å². The number of ether oxygens (including phenoxy) is 1. The van der Waals surface area contributed by atoms with Gasteiger partial charge in [0.05, 0.1) is 6.42 Å². The summed E-state index contributed by atoms with van der Waals surface area (Å²) in [7, 11) is 0. The van der Waals surface area contributed by atoms with Gasteiger partial charge in [-0.25, -0.2) is 4.39 Å². The molecule has 1 heterocycles. The largest absolute Gasteiger partial charge is 0.461 e. The first-order chi connectivity index (χ1) is 15.8. The molecule has 0 unspecified atom stereocenters. The van der Waals surface area contributed by atoms with E-state index in [1.807, 2.05) is 31.2 Å². The number of benzene rings is 2. The Kier molecular flexibility index (Phi) is 8.31. The third-order valence-corrected chi connectivity index (χ3v) is 5.61. The molecule has 0 aliphatic carbocycles. The maximum Gasteiger partial charge on any atom is 0.310 e. The number of esters is 1. The number of carbonyl (C=O) groups excluding carboxylic acids is 1. The molecule has 0 radical (unpaired) electrons. The standard InChI is InChI=1S/C27H32FN3O2/c1-17(2)12-25-24(15-30)27(21-8-4-19(14-29)5-9-21)23(18(3)31-25)13-26(32)33-16-20-6-10-22(28)11-7-20/h4-11,17H,12-16,29-30H2,1-3H3. The van der Waals surface area contributed by atoms with E-state index >= 15 is 0 Å². The Morgan fingerprint density at radius 1 is 0.970 bits per heavy atom. The van der Waals surface area contributed by atoms with Crippen LogP contribution in [0.4, 0.5) is 4.39 Å². The minimum Gasteiger partial charge on any atom is -0.461 e. The molecule has 6 heteroatoms. The zero-order valence-electron chi connectivity index (χ0n) is 19.5. The Bertz CT molecular complexity index is 1090. The average Bonchev–Trinajstić information content (AvgIpc) is 2.80. The topological polar surface area (TPSA) is 91.2 Å². The van der Waals surface area contributed by atoms with Crippen LogP contribution in [-0.2, 0) is 42.1 Å². The van der Waals surface area contributed by atoms with Crippen LogP contribution in [-0.4, -0.2) is 11.0 Å². The molecule has 3 rings (SSSR count). The van der Waals surface area contributed by atoms with Crippen LogP contribution in [0.25, 0.3) is 11.1 Å². The first-order valence-corrected chi connectivity index (χ1v) is 11.2. The lowest BCUT2D eigenvalue weighted by molar-refractivity contribution is -0.144. The molecule has 33 heavy (non-hydrogen) atoms. The molecule has 0 saturated carbocycles. The van der Waals surface area contributed by atoms with E-state index in [0.717, 1.165) is 51.2 Å². The molecule has 0 amide bonds. The second-order valence-corrected chi connectivity index (χ2v) is 8.64. The van der Waals surface area contributed by atoms with Gasteiger partial charge < -0.3 is 16.2 Å². The summed E-state index contributed by atoms with van der Waals surface area (Å²) in [5.41, 5.74) is 19.2. The van der Waals surface area contributed by atoms with Crippen LogP contribution in [0.3, 0.4) is 0 Å². The highest BCUT2D eigenvalue weighted by Crippen LogP contribution is 2.33. The lowest BCUT2D eigenvalue weighted by atomic mass is 9.88. The van der Waals surface area contributed by atoms with Gasteiger partial charge >= 0.3 is 5.97 Å². The summed E-state index contributed by atoms with van der Waals surface area (Å²) in [6.07, 6.45) is 0.875. The fourth-order valence-electron chi connectivity index (χ4n) is 3.93. The van der Waals surface area contributed by atoms with Crippen molar-refractivity contribution in [3.63, 3.8) is 0 Å². The van der Waals surface area contributed by atoms with Gasteiger partial charge in [0, 0.05) is 24.5 Å². The molecule has 0 aliphatic rings. The zero-order chi connectivity index (χ0) is 24.0. The number of pyridine rings is 1. The summed E-state index contributed by atoms with van der Waals surface area (Å²) < 4.78 is 18.6. The van der Waals surface area contributed by atoms with Gasteiger partial charge in [-0.1, -0.05) is 50.2 Å². The van der Waals surface area contributed by atoms with Crippen LogP contribution in [0.5, 0.6) is 0 Å². The number of nitrogens with two attached hydrogens (primary N) is 2. The summed E-state index contributed by atoms with van der Waals surface area (Å²) >= 11 is 0. The highest BCUT2D eigenvalue weighted by molar-refractivity contribution is 5.80. The van der Waals surface area contributed by atoms with E-state index in [9.17, 15) is 9.18 Å². The molecule has 0 aliphatic heterocycles. The highest BCUT2D eigenvalue weighted by atomic mass is 19.1. The van der Waals surface area contributed by atoms with Crippen molar-refractivity contribution >= 4 is 5.97 Å². The molecule has 3 aromatic rings. The molecule has 2 aromatic carbocycles. The van der Waals surface area contributed by atoms with Crippen molar-refractivity contribution < 1.29 is 13.9 Å². The minimum absolute atomic E-state index is 0.0724. The van der Waals surface area contributed by atoms with Crippen LogP contribution in [0, 0.1) is 18.7 Å². The Morgan fingerprint density at radius 3 is 2.18 bits per heavy atom. The Hall–Kier alpha value is -3.09. The molecular formula is C27H32FN3O2. The van der Waals surface area contributed by atoms with E-state index < -0.39 is 0 Å². The molecular weight excluding hydrogens is 417 g/mol. The maximum absolute atomic E-state index is 13.1. The van der Waals surface area contributed by atoms with Gasteiger partial charge in [-0.05, 0) is 64.8 Å². The number of aromatic nitrogens is 1. The zero-order valence-corrected chi connectivity index (χ0v) is 19.5. The van der Waals surface area contributed by atoms with E-state index in [4.69, 9.17) is 21.2 Å². The smallest absolute Gasteiger partial charge is 0.310 e. The van der Waals surface area contributed by atoms with Crippen LogP contribution in [0.1, 0.15) is 47.5 Å². The summed E-state index contributed by atoms with van der Waals surface area (Å²) in [5, 5.41) is 0. The molecule has 5 nitrogen and oxygen atoms in total. The predicted octanol–water partition coefficient (Wildman–Crippen LogP) is 4.60. The van der Waals surface area contributed by atoms with E-state index in [1.165, 1.54) is 12.1 Å². The van der Waals surface area contributed by atoms with Crippen molar-refractivity contribution in [2.24, 2.45) is 17.4 Å². The number of hydrogen-bond donors (Lipinski definition) is 2.